The predicted molar refractivity (Wildman–Crippen MR) is 74.0 cm³/mol. The van der Waals surface area contributed by atoms with Crippen LogP contribution in [0.4, 0.5) is 0 Å². The van der Waals surface area contributed by atoms with E-state index < -0.39 is 0 Å². The smallest absolute Gasteiger partial charge is 0.0488 e. The van der Waals surface area contributed by atoms with Crippen LogP contribution in [0.5, 0.6) is 0 Å². The van der Waals surface area contributed by atoms with Gasteiger partial charge in [0.1, 0.15) is 0 Å². The fourth-order valence-electron chi connectivity index (χ4n) is 3.05. The number of rotatable bonds is 7. The van der Waals surface area contributed by atoms with Gasteiger partial charge in [-0.25, -0.2) is 0 Å². The summed E-state index contributed by atoms with van der Waals surface area (Å²) < 4.78 is 5.74. The number of nitrogens with two attached hydrogens (primary N) is 1. The van der Waals surface area contributed by atoms with Gasteiger partial charge in [0.2, 0.25) is 0 Å². The second kappa shape index (κ2) is 7.38. The van der Waals surface area contributed by atoms with Crippen LogP contribution in [-0.2, 0) is 4.74 Å². The molecule has 102 valence electrons. The Bertz CT molecular complexity index is 205. The Hall–Kier alpha value is -0.0800. The average molecular weight is 241 g/mol. The SMILES string of the molecule is CCC1CCCC(CN)(CCOCC(C)C)C1. The first kappa shape index (κ1) is 15.0. The minimum Gasteiger partial charge on any atom is -0.381 e. The highest BCUT2D eigenvalue weighted by Crippen LogP contribution is 2.42. The second-order valence-electron chi connectivity index (χ2n) is 6.29. The molecule has 2 heteroatoms. The van der Waals surface area contributed by atoms with E-state index >= 15 is 0 Å². The Balaban J connectivity index is 2.34. The molecule has 0 aromatic heterocycles. The minimum atomic E-state index is 0.385. The monoisotopic (exact) mass is 241 g/mol. The molecule has 0 radical (unpaired) electrons. The van der Waals surface area contributed by atoms with Gasteiger partial charge in [-0.1, -0.05) is 40.0 Å². The molecule has 2 unspecified atom stereocenters. The summed E-state index contributed by atoms with van der Waals surface area (Å²) in [5.74, 6) is 1.54. The van der Waals surface area contributed by atoms with E-state index in [1.807, 2.05) is 0 Å². The third kappa shape index (κ3) is 4.97. The first-order chi connectivity index (χ1) is 8.12. The van der Waals surface area contributed by atoms with Crippen molar-refractivity contribution in [2.45, 2.75) is 59.3 Å². The third-order valence-corrected chi connectivity index (χ3v) is 4.28. The molecular weight excluding hydrogens is 210 g/mol. The lowest BCUT2D eigenvalue weighted by Gasteiger charge is -2.40. The minimum absolute atomic E-state index is 0.385. The zero-order chi connectivity index (χ0) is 12.7. The van der Waals surface area contributed by atoms with Crippen molar-refractivity contribution in [3.8, 4) is 0 Å². The molecule has 1 fully saturated rings. The molecule has 1 aliphatic carbocycles. The van der Waals surface area contributed by atoms with Crippen LogP contribution in [0.2, 0.25) is 0 Å². The Morgan fingerprint density at radius 2 is 2.18 bits per heavy atom. The van der Waals surface area contributed by atoms with E-state index in [4.69, 9.17) is 10.5 Å². The van der Waals surface area contributed by atoms with Crippen LogP contribution in [0.3, 0.4) is 0 Å². The van der Waals surface area contributed by atoms with Crippen LogP contribution in [0.15, 0.2) is 0 Å². The zero-order valence-corrected chi connectivity index (χ0v) is 12.0. The van der Waals surface area contributed by atoms with Crippen LogP contribution in [0, 0.1) is 17.3 Å². The van der Waals surface area contributed by atoms with Gasteiger partial charge in [0.15, 0.2) is 0 Å². The Kier molecular flexibility index (Phi) is 6.50. The maximum Gasteiger partial charge on any atom is 0.0488 e. The highest BCUT2D eigenvalue weighted by molar-refractivity contribution is 4.87. The van der Waals surface area contributed by atoms with Gasteiger partial charge >= 0.3 is 0 Å². The van der Waals surface area contributed by atoms with Crippen LogP contribution < -0.4 is 5.73 Å². The van der Waals surface area contributed by atoms with Gasteiger partial charge < -0.3 is 10.5 Å². The van der Waals surface area contributed by atoms with Crippen molar-refractivity contribution in [3.05, 3.63) is 0 Å². The maximum atomic E-state index is 6.04. The molecule has 0 aromatic rings. The van der Waals surface area contributed by atoms with Crippen molar-refractivity contribution < 1.29 is 4.74 Å². The lowest BCUT2D eigenvalue weighted by atomic mass is 9.67. The van der Waals surface area contributed by atoms with Gasteiger partial charge in [0.25, 0.3) is 0 Å². The Labute approximate surface area is 107 Å². The highest BCUT2D eigenvalue weighted by atomic mass is 16.5. The van der Waals surface area contributed by atoms with Crippen molar-refractivity contribution in [3.63, 3.8) is 0 Å². The molecule has 2 nitrogen and oxygen atoms in total. The fourth-order valence-corrected chi connectivity index (χ4v) is 3.05. The van der Waals surface area contributed by atoms with E-state index in [1.54, 1.807) is 0 Å². The molecule has 1 aliphatic rings. The summed E-state index contributed by atoms with van der Waals surface area (Å²) in [4.78, 5) is 0. The number of ether oxygens (including phenoxy) is 1. The van der Waals surface area contributed by atoms with Crippen molar-refractivity contribution in [1.82, 2.24) is 0 Å². The van der Waals surface area contributed by atoms with E-state index in [2.05, 4.69) is 20.8 Å². The summed E-state index contributed by atoms with van der Waals surface area (Å²) in [6.45, 7) is 9.34. The summed E-state index contributed by atoms with van der Waals surface area (Å²) in [5.41, 5.74) is 6.43. The third-order valence-electron chi connectivity index (χ3n) is 4.28. The summed E-state index contributed by atoms with van der Waals surface area (Å²) in [7, 11) is 0. The molecule has 2 N–H and O–H groups in total. The quantitative estimate of drug-likeness (QED) is 0.691. The van der Waals surface area contributed by atoms with Crippen molar-refractivity contribution in [1.29, 1.82) is 0 Å². The van der Waals surface area contributed by atoms with Crippen LogP contribution in [0.25, 0.3) is 0 Å². The fraction of sp³-hybridized carbons (Fsp3) is 1.00. The molecule has 0 heterocycles. The molecule has 1 saturated carbocycles. The summed E-state index contributed by atoms with van der Waals surface area (Å²) in [6.07, 6.45) is 7.88. The van der Waals surface area contributed by atoms with E-state index in [0.29, 0.717) is 11.3 Å². The van der Waals surface area contributed by atoms with Crippen LogP contribution in [0.1, 0.15) is 59.3 Å². The molecule has 0 aliphatic heterocycles. The maximum absolute atomic E-state index is 6.04. The Morgan fingerprint density at radius 3 is 2.76 bits per heavy atom. The van der Waals surface area contributed by atoms with E-state index in [-0.39, 0.29) is 0 Å². The molecule has 0 saturated heterocycles. The molecule has 0 aromatic carbocycles. The van der Waals surface area contributed by atoms with Crippen LogP contribution in [-0.4, -0.2) is 19.8 Å². The van der Waals surface area contributed by atoms with E-state index in [9.17, 15) is 0 Å². The van der Waals surface area contributed by atoms with Crippen LogP contribution >= 0.6 is 0 Å². The molecule has 17 heavy (non-hydrogen) atoms. The second-order valence-corrected chi connectivity index (χ2v) is 6.29. The summed E-state index contributed by atoms with van der Waals surface area (Å²) in [5, 5.41) is 0. The first-order valence-electron chi connectivity index (χ1n) is 7.39. The van der Waals surface area contributed by atoms with E-state index in [0.717, 1.165) is 32.1 Å². The molecule has 1 rings (SSSR count). The normalized spacial score (nSPS) is 29.8. The number of hydrogen-bond acceptors (Lipinski definition) is 2. The summed E-state index contributed by atoms with van der Waals surface area (Å²) in [6, 6.07) is 0. The van der Waals surface area contributed by atoms with Crippen molar-refractivity contribution in [2.24, 2.45) is 23.0 Å². The zero-order valence-electron chi connectivity index (χ0n) is 12.0. The number of hydrogen-bond donors (Lipinski definition) is 1. The van der Waals surface area contributed by atoms with Crippen molar-refractivity contribution >= 4 is 0 Å². The van der Waals surface area contributed by atoms with Gasteiger partial charge in [-0.2, -0.15) is 0 Å². The average Bonchev–Trinajstić information content (AvgIpc) is 2.35. The predicted octanol–water partition coefficient (Wildman–Crippen LogP) is 3.59. The molecular formula is C15H31NO. The van der Waals surface area contributed by atoms with Gasteiger partial charge in [-0.05, 0) is 43.1 Å². The molecule has 0 bridgehead atoms. The summed E-state index contributed by atoms with van der Waals surface area (Å²) >= 11 is 0. The molecule has 2 atom stereocenters. The van der Waals surface area contributed by atoms with Gasteiger partial charge in [0.05, 0.1) is 0 Å². The highest BCUT2D eigenvalue weighted by Gasteiger charge is 2.34. The Morgan fingerprint density at radius 1 is 1.41 bits per heavy atom. The van der Waals surface area contributed by atoms with Gasteiger partial charge in [-0.15, -0.1) is 0 Å². The first-order valence-corrected chi connectivity index (χ1v) is 7.39. The lowest BCUT2D eigenvalue weighted by molar-refractivity contribution is 0.0515. The largest absolute Gasteiger partial charge is 0.381 e. The van der Waals surface area contributed by atoms with Gasteiger partial charge in [-0.3, -0.25) is 0 Å². The standard InChI is InChI=1S/C15H31NO/c1-4-14-6-5-7-15(10-14,12-16)8-9-17-11-13(2)3/h13-14H,4-12,16H2,1-3H3. The van der Waals surface area contributed by atoms with Gasteiger partial charge in [0, 0.05) is 13.2 Å². The van der Waals surface area contributed by atoms with Crippen molar-refractivity contribution in [2.75, 3.05) is 19.8 Å². The molecule has 0 amide bonds. The topological polar surface area (TPSA) is 35.2 Å². The molecule has 0 spiro atoms. The van der Waals surface area contributed by atoms with E-state index in [1.165, 1.54) is 32.1 Å². The lowest BCUT2D eigenvalue weighted by Crippen LogP contribution is -2.37.